The van der Waals surface area contributed by atoms with E-state index in [-0.39, 0.29) is 24.8 Å². The van der Waals surface area contributed by atoms with Crippen LogP contribution in [0.4, 0.5) is 0 Å². The summed E-state index contributed by atoms with van der Waals surface area (Å²) in [6.45, 7) is -0.521. The molecule has 0 bridgehead atoms. The molecule has 0 aliphatic rings. The van der Waals surface area contributed by atoms with E-state index in [4.69, 9.17) is 22.1 Å². The van der Waals surface area contributed by atoms with Gasteiger partial charge in [0.2, 0.25) is 0 Å². The number of aliphatic carboxylic acids is 1. The average Bonchev–Trinajstić information content (AvgIpc) is 2.03. The summed E-state index contributed by atoms with van der Waals surface area (Å²) < 4.78 is 29.1. The van der Waals surface area contributed by atoms with Crippen molar-refractivity contribution in [3.8, 4) is 0 Å². The Morgan fingerprint density at radius 2 is 2.00 bits per heavy atom. The topological polar surface area (TPSA) is 89.3 Å². The fourth-order valence-electron chi connectivity index (χ4n) is 0.342. The molecular weight excluding hydrogens is 203 g/mol. The standard InChI is InChI=1S/C6H14N2O2.2ClH/c7-4-2-1-3-5(8)6(9)10;;/h5H,1-4,7-8H2,(H,9,10);2*1H/t5-;;/m1../s1/i1D2,2D2;;. The highest BCUT2D eigenvalue weighted by atomic mass is 35.5. The Morgan fingerprint density at radius 1 is 1.50 bits per heavy atom. The molecule has 0 spiro atoms. The largest absolute Gasteiger partial charge is 0.480 e. The number of nitrogens with two attached hydrogens (primary N) is 2. The third-order valence-electron chi connectivity index (χ3n) is 0.866. The van der Waals surface area contributed by atoms with Crippen LogP contribution in [0.3, 0.4) is 0 Å². The molecule has 0 rings (SSSR count). The first-order chi connectivity index (χ1) is 6.14. The minimum absolute atomic E-state index is 0. The molecule has 0 fully saturated rings. The van der Waals surface area contributed by atoms with Crippen molar-refractivity contribution in [1.82, 2.24) is 0 Å². The van der Waals surface area contributed by atoms with E-state index in [1.807, 2.05) is 0 Å². The minimum atomic E-state index is -2.35. The lowest BCUT2D eigenvalue weighted by molar-refractivity contribution is -0.138. The van der Waals surface area contributed by atoms with E-state index in [2.05, 4.69) is 0 Å². The summed E-state index contributed by atoms with van der Waals surface area (Å²) in [5.74, 6) is -1.36. The zero-order valence-electron chi connectivity index (χ0n) is 10.3. The third-order valence-corrected chi connectivity index (χ3v) is 0.866. The van der Waals surface area contributed by atoms with Crippen LogP contribution in [0.2, 0.25) is 0 Å². The fourth-order valence-corrected chi connectivity index (χ4v) is 0.342. The summed E-state index contributed by atoms with van der Waals surface area (Å²) in [5, 5.41) is 8.44. The smallest absolute Gasteiger partial charge is 0.320 e. The maximum Gasteiger partial charge on any atom is 0.320 e. The lowest BCUT2D eigenvalue weighted by Gasteiger charge is -2.03. The third kappa shape index (κ3) is 9.97. The molecule has 0 unspecified atom stereocenters. The molecule has 0 heterocycles. The van der Waals surface area contributed by atoms with Gasteiger partial charge in [0.05, 0.1) is 0 Å². The molecule has 0 saturated carbocycles. The Labute approximate surface area is 90.1 Å². The lowest BCUT2D eigenvalue weighted by atomic mass is 10.1. The van der Waals surface area contributed by atoms with E-state index >= 15 is 0 Å². The summed E-state index contributed by atoms with van der Waals surface area (Å²) in [4.78, 5) is 10.3. The average molecular weight is 223 g/mol. The first-order valence-corrected chi connectivity index (χ1v) is 2.82. The SMILES string of the molecule is Cl.Cl.[2H]C([2H])(CN)C([2H])([2H])C[C@@H](N)C(=O)O. The molecule has 76 valence electrons. The molecule has 4 nitrogen and oxygen atoms in total. The quantitative estimate of drug-likeness (QED) is 0.628. The highest BCUT2D eigenvalue weighted by molar-refractivity contribution is 5.85. The van der Waals surface area contributed by atoms with Crippen LogP contribution in [0.25, 0.3) is 0 Å². The minimum Gasteiger partial charge on any atom is -0.480 e. The Bertz CT molecular complexity index is 231. The van der Waals surface area contributed by atoms with Gasteiger partial charge in [0.25, 0.3) is 0 Å². The zero-order chi connectivity index (χ0) is 11.6. The van der Waals surface area contributed by atoms with Crippen molar-refractivity contribution in [3.05, 3.63) is 0 Å². The second-order valence-corrected chi connectivity index (χ2v) is 1.71. The molecular formula is C6H16Cl2N2O2. The normalized spacial score (nSPS) is 18.2. The monoisotopic (exact) mass is 222 g/mol. The van der Waals surface area contributed by atoms with Gasteiger partial charge >= 0.3 is 5.97 Å². The molecule has 5 N–H and O–H groups in total. The van der Waals surface area contributed by atoms with Gasteiger partial charge in [-0.1, -0.05) is 6.37 Å². The summed E-state index contributed by atoms with van der Waals surface area (Å²) in [6, 6.07) is -1.42. The van der Waals surface area contributed by atoms with Gasteiger partial charge < -0.3 is 16.6 Å². The molecule has 0 aromatic carbocycles. The maximum atomic E-state index is 10.3. The van der Waals surface area contributed by atoms with E-state index in [0.717, 1.165) is 0 Å². The van der Waals surface area contributed by atoms with Gasteiger partial charge in [-0.05, 0) is 19.3 Å². The van der Waals surface area contributed by atoms with E-state index in [0.29, 0.717) is 0 Å². The first kappa shape index (κ1) is 8.56. The van der Waals surface area contributed by atoms with Crippen molar-refractivity contribution in [2.75, 3.05) is 6.54 Å². The molecule has 0 aromatic rings. The van der Waals surface area contributed by atoms with Crippen LogP contribution in [0.5, 0.6) is 0 Å². The number of carbonyl (C=O) groups is 1. The van der Waals surface area contributed by atoms with Crippen molar-refractivity contribution in [2.45, 2.75) is 25.2 Å². The summed E-state index contributed by atoms with van der Waals surface area (Å²) in [6.07, 6.45) is -5.23. The Morgan fingerprint density at radius 3 is 2.33 bits per heavy atom. The van der Waals surface area contributed by atoms with Gasteiger partial charge in [-0.2, -0.15) is 0 Å². The first-order valence-electron chi connectivity index (χ1n) is 4.82. The van der Waals surface area contributed by atoms with E-state index < -0.39 is 37.7 Å². The lowest BCUT2D eigenvalue weighted by Crippen LogP contribution is -2.29. The molecule has 6 heteroatoms. The summed E-state index contributed by atoms with van der Waals surface area (Å²) >= 11 is 0. The van der Waals surface area contributed by atoms with Crippen LogP contribution in [-0.2, 0) is 4.79 Å². The van der Waals surface area contributed by atoms with Gasteiger partial charge in [-0.25, -0.2) is 0 Å². The number of rotatable bonds is 5. The van der Waals surface area contributed by atoms with Gasteiger partial charge in [0.1, 0.15) is 6.04 Å². The van der Waals surface area contributed by atoms with Gasteiger partial charge in [-0.15, -0.1) is 24.8 Å². The summed E-state index contributed by atoms with van der Waals surface area (Å²) in [7, 11) is 0. The van der Waals surface area contributed by atoms with Crippen LogP contribution >= 0.6 is 24.8 Å². The van der Waals surface area contributed by atoms with Gasteiger partial charge in [-0.3, -0.25) is 4.79 Å². The van der Waals surface area contributed by atoms with Crippen molar-refractivity contribution in [2.24, 2.45) is 11.5 Å². The molecule has 12 heavy (non-hydrogen) atoms. The van der Waals surface area contributed by atoms with Crippen molar-refractivity contribution < 1.29 is 15.4 Å². The van der Waals surface area contributed by atoms with E-state index in [1.165, 1.54) is 0 Å². The summed E-state index contributed by atoms with van der Waals surface area (Å²) in [5.41, 5.74) is 10.1. The van der Waals surface area contributed by atoms with Crippen molar-refractivity contribution in [1.29, 1.82) is 0 Å². The predicted octanol–water partition coefficient (Wildman–Crippen LogP) is 0.371. The van der Waals surface area contributed by atoms with E-state index in [9.17, 15) is 4.79 Å². The molecule has 1 atom stereocenters. The Hall–Kier alpha value is -0.0300. The fraction of sp³-hybridized carbons (Fsp3) is 0.833. The number of carboxylic acid groups (broad SMARTS) is 1. The number of halogens is 2. The second-order valence-electron chi connectivity index (χ2n) is 1.71. The number of hydrogen-bond donors (Lipinski definition) is 3. The Kier molecular flexibility index (Phi) is 7.83. The molecule has 0 radical (unpaired) electrons. The molecule has 0 aliphatic carbocycles. The van der Waals surface area contributed by atoms with Gasteiger partial charge in [0.15, 0.2) is 0 Å². The van der Waals surface area contributed by atoms with Crippen LogP contribution in [-0.4, -0.2) is 23.7 Å². The van der Waals surface area contributed by atoms with Gasteiger partial charge in [0, 0.05) is 5.48 Å². The molecule has 0 saturated heterocycles. The van der Waals surface area contributed by atoms with Crippen LogP contribution in [0.1, 0.15) is 24.6 Å². The molecule has 0 aromatic heterocycles. The Balaban J connectivity index is -0.000000845. The van der Waals surface area contributed by atoms with Crippen molar-refractivity contribution >= 4 is 30.8 Å². The second kappa shape index (κ2) is 11.0. The number of carboxylic acids is 1. The highest BCUT2D eigenvalue weighted by Crippen LogP contribution is 1.96. The predicted molar refractivity (Wildman–Crippen MR) is 53.0 cm³/mol. The van der Waals surface area contributed by atoms with Crippen LogP contribution in [0.15, 0.2) is 0 Å². The van der Waals surface area contributed by atoms with Crippen LogP contribution in [0, 0.1) is 0 Å². The molecule has 0 amide bonds. The van der Waals surface area contributed by atoms with Crippen molar-refractivity contribution in [3.63, 3.8) is 0 Å². The molecule has 0 aliphatic heterocycles. The maximum absolute atomic E-state index is 10.3. The highest BCUT2D eigenvalue weighted by Gasteiger charge is 2.09. The van der Waals surface area contributed by atoms with Crippen LogP contribution < -0.4 is 11.5 Å². The number of hydrogen-bond acceptors (Lipinski definition) is 3. The zero-order valence-corrected chi connectivity index (χ0v) is 7.95. The van der Waals surface area contributed by atoms with E-state index in [1.54, 1.807) is 0 Å².